The molecule has 38 heavy (non-hydrogen) atoms. The molecule has 1 unspecified atom stereocenters. The van der Waals surface area contributed by atoms with Gasteiger partial charge in [-0.05, 0) is 61.4 Å². The standard InChI is InChI=1S/C28H25ClF3N3O3/c29-18-12-21(24(25(31)32)33-14-18)26(36)34-20-9-6-16(7-10-20)15-35-23-11-8-19(30)13-22(23)28(38,27(35)37)17-4-2-1-3-5-17/h1-5,8,11-14,16,20,25,38H,6-7,9-10,15H2,(H,34,36). The molecule has 2 N–H and O–H groups in total. The quantitative estimate of drug-likeness (QED) is 0.437. The third-order valence-electron chi connectivity index (χ3n) is 7.34. The Morgan fingerprint density at radius 3 is 2.53 bits per heavy atom. The number of carbonyl (C=O) groups excluding carboxylic acids is 2. The first-order valence-electron chi connectivity index (χ1n) is 12.3. The topological polar surface area (TPSA) is 82.5 Å². The summed E-state index contributed by atoms with van der Waals surface area (Å²) in [6.07, 6.45) is 0.642. The van der Waals surface area contributed by atoms with Crippen LogP contribution in [0.5, 0.6) is 0 Å². The smallest absolute Gasteiger partial charge is 0.281 e. The van der Waals surface area contributed by atoms with E-state index in [1.807, 2.05) is 0 Å². The van der Waals surface area contributed by atoms with Gasteiger partial charge in [0.2, 0.25) is 0 Å². The predicted octanol–water partition coefficient (Wildman–Crippen LogP) is 5.38. The van der Waals surface area contributed by atoms with Gasteiger partial charge in [0.1, 0.15) is 11.5 Å². The van der Waals surface area contributed by atoms with Gasteiger partial charge in [0.05, 0.1) is 16.3 Å². The summed E-state index contributed by atoms with van der Waals surface area (Å²) in [5.74, 6) is -1.67. The van der Waals surface area contributed by atoms with Gasteiger partial charge in [-0.3, -0.25) is 14.6 Å². The Morgan fingerprint density at radius 2 is 1.84 bits per heavy atom. The van der Waals surface area contributed by atoms with Crippen LogP contribution < -0.4 is 10.2 Å². The Kier molecular flexibility index (Phi) is 7.15. The molecule has 2 aromatic carbocycles. The van der Waals surface area contributed by atoms with Crippen molar-refractivity contribution in [3.63, 3.8) is 0 Å². The van der Waals surface area contributed by atoms with Crippen molar-refractivity contribution in [2.45, 2.75) is 43.8 Å². The maximum Gasteiger partial charge on any atom is 0.281 e. The van der Waals surface area contributed by atoms with E-state index in [1.54, 1.807) is 30.3 Å². The molecule has 0 spiro atoms. The number of hydrogen-bond acceptors (Lipinski definition) is 4. The Balaban J connectivity index is 1.28. The van der Waals surface area contributed by atoms with Gasteiger partial charge in [-0.25, -0.2) is 13.2 Å². The number of benzene rings is 2. The number of carbonyl (C=O) groups is 2. The van der Waals surface area contributed by atoms with Gasteiger partial charge in [-0.1, -0.05) is 41.9 Å². The summed E-state index contributed by atoms with van der Waals surface area (Å²) in [6, 6.07) is 13.4. The molecule has 0 bridgehead atoms. The van der Waals surface area contributed by atoms with Crippen LogP contribution in [0, 0.1) is 11.7 Å². The highest BCUT2D eigenvalue weighted by Crippen LogP contribution is 2.45. The Bertz CT molecular complexity index is 1370. The fraction of sp³-hybridized carbons (Fsp3) is 0.321. The molecule has 2 heterocycles. The van der Waals surface area contributed by atoms with Crippen LogP contribution in [0.4, 0.5) is 18.9 Å². The lowest BCUT2D eigenvalue weighted by molar-refractivity contribution is -0.132. The van der Waals surface area contributed by atoms with Gasteiger partial charge in [-0.2, -0.15) is 0 Å². The minimum absolute atomic E-state index is 0.0626. The SMILES string of the molecule is O=C(NC1CCC(CN2C(=O)C(O)(c3ccccc3)c3cc(F)ccc32)CC1)c1cc(Cl)cnc1C(F)F. The number of pyridine rings is 1. The Hall–Kier alpha value is -3.43. The second kappa shape index (κ2) is 10.4. The third kappa shape index (κ3) is 4.76. The zero-order chi connectivity index (χ0) is 27.0. The number of anilines is 1. The van der Waals surface area contributed by atoms with Gasteiger partial charge in [0.15, 0.2) is 5.60 Å². The molecule has 1 fully saturated rings. The fourth-order valence-electron chi connectivity index (χ4n) is 5.41. The molecule has 0 saturated heterocycles. The van der Waals surface area contributed by atoms with E-state index in [1.165, 1.54) is 29.2 Å². The van der Waals surface area contributed by atoms with Crippen LogP contribution in [0.1, 0.15) is 59.3 Å². The lowest BCUT2D eigenvalue weighted by Crippen LogP contribution is -2.44. The first-order chi connectivity index (χ1) is 18.2. The second-order valence-corrected chi connectivity index (χ2v) is 10.2. The number of nitrogens with zero attached hydrogens (tertiary/aromatic N) is 2. The number of nitrogens with one attached hydrogen (secondary N) is 1. The van der Waals surface area contributed by atoms with E-state index in [-0.39, 0.29) is 28.1 Å². The molecule has 2 aliphatic rings. The summed E-state index contributed by atoms with van der Waals surface area (Å²) < 4.78 is 40.8. The molecule has 2 amide bonds. The summed E-state index contributed by atoms with van der Waals surface area (Å²) in [4.78, 5) is 31.4. The molecule has 5 rings (SSSR count). The van der Waals surface area contributed by atoms with Crippen molar-refractivity contribution in [1.29, 1.82) is 0 Å². The lowest BCUT2D eigenvalue weighted by atomic mass is 9.85. The number of halogens is 4. The largest absolute Gasteiger partial charge is 0.372 e. The van der Waals surface area contributed by atoms with Gasteiger partial charge in [0, 0.05) is 24.3 Å². The van der Waals surface area contributed by atoms with Crippen molar-refractivity contribution in [3.05, 3.63) is 94.0 Å². The van der Waals surface area contributed by atoms with Crippen LogP contribution in [0.3, 0.4) is 0 Å². The first kappa shape index (κ1) is 26.2. The van der Waals surface area contributed by atoms with E-state index >= 15 is 0 Å². The number of rotatable bonds is 6. The molecule has 198 valence electrons. The summed E-state index contributed by atoms with van der Waals surface area (Å²) >= 11 is 5.87. The third-order valence-corrected chi connectivity index (χ3v) is 7.55. The fourth-order valence-corrected chi connectivity index (χ4v) is 5.57. The highest BCUT2D eigenvalue weighted by atomic mass is 35.5. The van der Waals surface area contributed by atoms with Crippen LogP contribution in [0.15, 0.2) is 60.8 Å². The number of aliphatic hydroxyl groups is 1. The molecule has 1 aliphatic carbocycles. The minimum Gasteiger partial charge on any atom is -0.372 e. The zero-order valence-corrected chi connectivity index (χ0v) is 21.0. The first-order valence-corrected chi connectivity index (χ1v) is 12.7. The predicted molar refractivity (Wildman–Crippen MR) is 136 cm³/mol. The molecule has 0 radical (unpaired) electrons. The molecule has 1 saturated carbocycles. The van der Waals surface area contributed by atoms with Gasteiger partial charge in [-0.15, -0.1) is 0 Å². The van der Waals surface area contributed by atoms with Crippen molar-refractivity contribution in [2.75, 3.05) is 11.4 Å². The number of aromatic nitrogens is 1. The average molecular weight is 544 g/mol. The summed E-state index contributed by atoms with van der Waals surface area (Å²) in [5, 5.41) is 14.5. The summed E-state index contributed by atoms with van der Waals surface area (Å²) in [7, 11) is 0. The van der Waals surface area contributed by atoms with Crippen LogP contribution in [-0.4, -0.2) is 34.5 Å². The van der Waals surface area contributed by atoms with E-state index < -0.39 is 35.4 Å². The molecule has 6 nitrogen and oxygen atoms in total. The molecular formula is C28H25ClF3N3O3. The zero-order valence-electron chi connectivity index (χ0n) is 20.2. The Morgan fingerprint density at radius 1 is 1.13 bits per heavy atom. The van der Waals surface area contributed by atoms with E-state index in [4.69, 9.17) is 11.6 Å². The van der Waals surface area contributed by atoms with E-state index in [0.29, 0.717) is 43.5 Å². The normalized spacial score (nSPS) is 23.0. The number of hydrogen-bond donors (Lipinski definition) is 2. The van der Waals surface area contributed by atoms with Gasteiger partial charge in [0.25, 0.3) is 18.2 Å². The number of amides is 2. The average Bonchev–Trinajstić information content (AvgIpc) is 3.12. The molecule has 3 aromatic rings. The minimum atomic E-state index is -2.91. The second-order valence-electron chi connectivity index (χ2n) is 9.73. The maximum absolute atomic E-state index is 14.2. The highest BCUT2D eigenvalue weighted by molar-refractivity contribution is 6.30. The van der Waals surface area contributed by atoms with Crippen LogP contribution in [0.2, 0.25) is 5.02 Å². The van der Waals surface area contributed by atoms with E-state index in [0.717, 1.165) is 6.20 Å². The van der Waals surface area contributed by atoms with Crippen LogP contribution in [-0.2, 0) is 10.4 Å². The Labute approximate surface area is 222 Å². The monoisotopic (exact) mass is 543 g/mol. The lowest BCUT2D eigenvalue weighted by Gasteiger charge is -2.32. The van der Waals surface area contributed by atoms with Gasteiger partial charge < -0.3 is 15.3 Å². The maximum atomic E-state index is 14.2. The van der Waals surface area contributed by atoms with Gasteiger partial charge >= 0.3 is 0 Å². The molecule has 10 heteroatoms. The van der Waals surface area contributed by atoms with Crippen LogP contribution in [0.25, 0.3) is 0 Å². The molecule has 1 aromatic heterocycles. The van der Waals surface area contributed by atoms with E-state index in [2.05, 4.69) is 10.3 Å². The number of fused-ring (bicyclic) bond motifs is 1. The molecular weight excluding hydrogens is 519 g/mol. The highest BCUT2D eigenvalue weighted by Gasteiger charge is 2.51. The van der Waals surface area contributed by atoms with Crippen molar-refractivity contribution in [2.24, 2.45) is 5.92 Å². The number of alkyl halides is 2. The summed E-state index contributed by atoms with van der Waals surface area (Å²) in [5.41, 5.74) is -1.82. The van der Waals surface area contributed by atoms with Crippen LogP contribution >= 0.6 is 11.6 Å². The van der Waals surface area contributed by atoms with E-state index in [9.17, 15) is 27.9 Å². The van der Waals surface area contributed by atoms with Crippen molar-refractivity contribution in [3.8, 4) is 0 Å². The molecule has 1 atom stereocenters. The van der Waals surface area contributed by atoms with Crippen molar-refractivity contribution < 1.29 is 27.9 Å². The van der Waals surface area contributed by atoms with Crippen molar-refractivity contribution in [1.82, 2.24) is 10.3 Å². The summed E-state index contributed by atoms with van der Waals surface area (Å²) in [6.45, 7) is 0.320. The molecule has 1 aliphatic heterocycles. The van der Waals surface area contributed by atoms with Crippen molar-refractivity contribution >= 4 is 29.1 Å².